The Morgan fingerprint density at radius 3 is 2.50 bits per heavy atom. The molecule has 0 aliphatic carbocycles. The lowest BCUT2D eigenvalue weighted by molar-refractivity contribution is 0.488. The van der Waals surface area contributed by atoms with E-state index >= 15 is 0 Å². The van der Waals surface area contributed by atoms with Crippen molar-refractivity contribution in [2.24, 2.45) is 0 Å². The Bertz CT molecular complexity index is 750. The van der Waals surface area contributed by atoms with E-state index in [1.165, 1.54) is 10.9 Å². The molecule has 114 valence electrons. The summed E-state index contributed by atoms with van der Waals surface area (Å²) in [6, 6.07) is 11.4. The van der Waals surface area contributed by atoms with Gasteiger partial charge in [0.1, 0.15) is 23.0 Å². The van der Waals surface area contributed by atoms with Crippen molar-refractivity contribution < 1.29 is 13.2 Å². The zero-order valence-corrected chi connectivity index (χ0v) is 12.7. The molecule has 0 bridgehead atoms. The van der Waals surface area contributed by atoms with Crippen LogP contribution in [0.15, 0.2) is 51.8 Å². The predicted molar refractivity (Wildman–Crippen MR) is 85.2 cm³/mol. The third-order valence-electron chi connectivity index (χ3n) is 3.47. The van der Waals surface area contributed by atoms with Crippen molar-refractivity contribution >= 4 is 23.6 Å². The molecular weight excluding hydrogens is 304 g/mol. The van der Waals surface area contributed by atoms with Crippen LogP contribution in [-0.4, -0.2) is 6.54 Å². The van der Waals surface area contributed by atoms with Crippen LogP contribution in [0.1, 0.15) is 11.3 Å². The first-order valence-electron chi connectivity index (χ1n) is 6.98. The molecule has 0 saturated heterocycles. The summed E-state index contributed by atoms with van der Waals surface area (Å²) in [5.74, 6) is -0.0764. The second-order valence-corrected chi connectivity index (χ2v) is 5.57. The van der Waals surface area contributed by atoms with Gasteiger partial charge in [0.25, 0.3) is 0 Å². The number of thiol groups is 1. The van der Waals surface area contributed by atoms with E-state index in [9.17, 15) is 8.78 Å². The Labute approximate surface area is 132 Å². The number of hydrogen-bond donors (Lipinski definition) is 2. The van der Waals surface area contributed by atoms with E-state index in [0.29, 0.717) is 4.90 Å². The molecule has 1 N–H and O–H groups in total. The SMILES string of the molecule is Fc1cc(F)cc(S)c1.c1ccc2c3c(oc2c1)CNCC3. The maximum absolute atomic E-state index is 12.1. The van der Waals surface area contributed by atoms with E-state index in [1.54, 1.807) is 0 Å². The molecule has 0 radical (unpaired) electrons. The highest BCUT2D eigenvalue weighted by Crippen LogP contribution is 2.27. The summed E-state index contributed by atoms with van der Waals surface area (Å²) in [4.78, 5) is 0.299. The van der Waals surface area contributed by atoms with E-state index in [0.717, 1.165) is 49.1 Å². The van der Waals surface area contributed by atoms with Gasteiger partial charge in [-0.1, -0.05) is 18.2 Å². The fraction of sp³-hybridized carbons (Fsp3) is 0.176. The van der Waals surface area contributed by atoms with Gasteiger partial charge in [-0.05, 0) is 31.2 Å². The van der Waals surface area contributed by atoms with Gasteiger partial charge in [-0.3, -0.25) is 0 Å². The molecule has 22 heavy (non-hydrogen) atoms. The van der Waals surface area contributed by atoms with Gasteiger partial charge in [0.05, 0.1) is 6.54 Å². The third kappa shape index (κ3) is 3.31. The molecule has 0 unspecified atom stereocenters. The zero-order chi connectivity index (χ0) is 15.5. The summed E-state index contributed by atoms with van der Waals surface area (Å²) in [6.45, 7) is 1.94. The van der Waals surface area contributed by atoms with E-state index in [-0.39, 0.29) is 0 Å². The molecule has 5 heteroatoms. The third-order valence-corrected chi connectivity index (χ3v) is 3.72. The minimum absolute atomic E-state index is 0.299. The van der Waals surface area contributed by atoms with Crippen molar-refractivity contribution in [3.05, 3.63) is 65.4 Å². The van der Waals surface area contributed by atoms with Crippen LogP contribution in [0.3, 0.4) is 0 Å². The van der Waals surface area contributed by atoms with Crippen molar-refractivity contribution in [3.63, 3.8) is 0 Å². The van der Waals surface area contributed by atoms with E-state index in [1.807, 2.05) is 12.1 Å². The second kappa shape index (κ2) is 6.50. The molecule has 4 rings (SSSR count). The number of benzene rings is 2. The van der Waals surface area contributed by atoms with Crippen LogP contribution in [-0.2, 0) is 13.0 Å². The average molecular weight is 319 g/mol. The highest BCUT2D eigenvalue weighted by atomic mass is 32.1. The minimum Gasteiger partial charge on any atom is -0.459 e. The number of rotatable bonds is 0. The summed E-state index contributed by atoms with van der Waals surface area (Å²) in [7, 11) is 0. The molecule has 0 atom stereocenters. The summed E-state index contributed by atoms with van der Waals surface area (Å²) < 4.78 is 30.0. The van der Waals surface area contributed by atoms with Crippen molar-refractivity contribution in [1.82, 2.24) is 5.32 Å². The van der Waals surface area contributed by atoms with Crippen LogP contribution < -0.4 is 5.32 Å². The normalized spacial score (nSPS) is 13.4. The summed E-state index contributed by atoms with van der Waals surface area (Å²) >= 11 is 3.74. The van der Waals surface area contributed by atoms with Crippen molar-refractivity contribution in [2.45, 2.75) is 17.9 Å². The predicted octanol–water partition coefficient (Wildman–Crippen LogP) is 4.33. The first kappa shape index (κ1) is 15.1. The fourth-order valence-corrected chi connectivity index (χ4v) is 2.77. The second-order valence-electron chi connectivity index (χ2n) is 5.05. The summed E-state index contributed by atoms with van der Waals surface area (Å²) in [5, 5.41) is 4.60. The first-order valence-corrected chi connectivity index (χ1v) is 7.43. The Morgan fingerprint density at radius 2 is 1.77 bits per heavy atom. The Kier molecular flexibility index (Phi) is 4.45. The van der Waals surface area contributed by atoms with Gasteiger partial charge in [0.15, 0.2) is 0 Å². The number of hydrogen-bond acceptors (Lipinski definition) is 3. The van der Waals surface area contributed by atoms with Gasteiger partial charge < -0.3 is 9.73 Å². The van der Waals surface area contributed by atoms with Crippen LogP contribution in [0.4, 0.5) is 8.78 Å². The van der Waals surface area contributed by atoms with E-state index in [2.05, 4.69) is 30.1 Å². The number of halogens is 2. The molecular formula is C17H15F2NOS. The molecule has 0 spiro atoms. The van der Waals surface area contributed by atoms with Gasteiger partial charge in [-0.25, -0.2) is 8.78 Å². The quantitative estimate of drug-likeness (QED) is 0.603. The minimum atomic E-state index is -0.597. The molecule has 2 heterocycles. The fourth-order valence-electron chi connectivity index (χ4n) is 2.52. The lowest BCUT2D eigenvalue weighted by atomic mass is 10.1. The molecule has 0 fully saturated rings. The lowest BCUT2D eigenvalue weighted by Crippen LogP contribution is -2.22. The van der Waals surface area contributed by atoms with Gasteiger partial charge in [0, 0.05) is 21.9 Å². The topological polar surface area (TPSA) is 25.2 Å². The van der Waals surface area contributed by atoms with Crippen LogP contribution in [0.2, 0.25) is 0 Å². The van der Waals surface area contributed by atoms with Gasteiger partial charge >= 0.3 is 0 Å². The molecule has 0 saturated carbocycles. The standard InChI is InChI=1S/C11H11NO.C6H4F2S/c1-2-4-10-8(3-1)9-5-6-12-7-11(9)13-10;7-4-1-5(8)3-6(9)2-4/h1-4,12H,5-7H2;1-3,9H. The number of fused-ring (bicyclic) bond motifs is 3. The van der Waals surface area contributed by atoms with Gasteiger partial charge in [-0.2, -0.15) is 0 Å². The molecule has 2 nitrogen and oxygen atoms in total. The van der Waals surface area contributed by atoms with Gasteiger partial charge in [-0.15, -0.1) is 12.6 Å². The molecule has 2 aromatic carbocycles. The Hall–Kier alpha value is -1.85. The maximum Gasteiger partial charge on any atom is 0.134 e. The van der Waals surface area contributed by atoms with Crippen molar-refractivity contribution in [2.75, 3.05) is 6.54 Å². The summed E-state index contributed by atoms with van der Waals surface area (Å²) in [5.41, 5.74) is 2.42. The Balaban J connectivity index is 0.000000142. The van der Waals surface area contributed by atoms with Crippen molar-refractivity contribution in [1.29, 1.82) is 0 Å². The maximum atomic E-state index is 12.1. The number of para-hydroxylation sites is 1. The van der Waals surface area contributed by atoms with Crippen LogP contribution in [0.25, 0.3) is 11.0 Å². The molecule has 1 aliphatic heterocycles. The highest BCUT2D eigenvalue weighted by molar-refractivity contribution is 7.80. The molecule has 0 amide bonds. The largest absolute Gasteiger partial charge is 0.459 e. The number of nitrogens with one attached hydrogen (secondary N) is 1. The van der Waals surface area contributed by atoms with E-state index < -0.39 is 11.6 Å². The smallest absolute Gasteiger partial charge is 0.134 e. The zero-order valence-electron chi connectivity index (χ0n) is 11.8. The molecule has 1 aromatic heterocycles. The van der Waals surface area contributed by atoms with Gasteiger partial charge in [0.2, 0.25) is 0 Å². The lowest BCUT2D eigenvalue weighted by Gasteiger charge is -2.10. The van der Waals surface area contributed by atoms with Crippen LogP contribution >= 0.6 is 12.6 Å². The highest BCUT2D eigenvalue weighted by Gasteiger charge is 2.16. The molecule has 3 aromatic rings. The number of furan rings is 1. The average Bonchev–Trinajstić information content (AvgIpc) is 2.85. The summed E-state index contributed by atoms with van der Waals surface area (Å²) in [6.07, 6.45) is 1.09. The van der Waals surface area contributed by atoms with E-state index in [4.69, 9.17) is 4.42 Å². The van der Waals surface area contributed by atoms with Crippen LogP contribution in [0, 0.1) is 11.6 Å². The molecule has 1 aliphatic rings. The van der Waals surface area contributed by atoms with Crippen molar-refractivity contribution in [3.8, 4) is 0 Å². The first-order chi connectivity index (χ1) is 10.6. The monoisotopic (exact) mass is 319 g/mol. The van der Waals surface area contributed by atoms with Crippen LogP contribution in [0.5, 0.6) is 0 Å². The Morgan fingerprint density at radius 1 is 1.05 bits per heavy atom.